The molecule has 2 aromatic heterocycles. The van der Waals surface area contributed by atoms with Gasteiger partial charge in [0, 0.05) is 52.3 Å². The number of rotatable bonds is 7. The summed E-state index contributed by atoms with van der Waals surface area (Å²) < 4.78 is 15.6. The van der Waals surface area contributed by atoms with Gasteiger partial charge in [0.05, 0.1) is 47.8 Å². The standard InChI is InChI=1S/C48H53N5O6/c1-5-47-21-13-23-50(56)45(47)52-38-19-11-8-16-30(38)32(41(52)34(27-47)43(54)58-3)26-37-33(25-29-15-7-10-18-36(29)49-37)40-31-17-9-12-20-39(31)53-42(40)35(44(55)59-4)28-48(6-2)22-14-24-51(57)46(48)53/h7-12,15-20,27-28,33,37,45-46,49,56-57H,5-6,13-14,21-26H2,1-4H3/t33-,37+,45+,46+,47-,48-/m0/s1. The number of nitrogens with zero attached hydrogens (tertiary/aromatic N) is 4. The minimum atomic E-state index is -0.478. The van der Waals surface area contributed by atoms with Gasteiger partial charge in [-0.05, 0) is 86.3 Å². The fourth-order valence-corrected chi connectivity index (χ4v) is 12.0. The normalized spacial score (nSPS) is 27.7. The van der Waals surface area contributed by atoms with Crippen molar-refractivity contribution < 1.29 is 29.5 Å². The first-order chi connectivity index (χ1) is 28.7. The van der Waals surface area contributed by atoms with Gasteiger partial charge in [-0.2, -0.15) is 10.1 Å². The maximum Gasteiger partial charge on any atom is 0.339 e. The molecule has 7 heterocycles. The number of anilines is 1. The molecule has 11 heteroatoms. The summed E-state index contributed by atoms with van der Waals surface area (Å²) in [7, 11) is 2.89. The molecule has 6 atom stereocenters. The fraction of sp³-hybridized carbons (Fsp3) is 0.417. The predicted octanol–water partition coefficient (Wildman–Crippen LogP) is 8.86. The molecule has 0 saturated carbocycles. The number of carbonyl (C=O) groups is 2. The Morgan fingerprint density at radius 1 is 0.729 bits per heavy atom. The van der Waals surface area contributed by atoms with Crippen molar-refractivity contribution in [2.75, 3.05) is 32.6 Å². The zero-order valence-corrected chi connectivity index (χ0v) is 34.3. The van der Waals surface area contributed by atoms with Crippen molar-refractivity contribution in [3.63, 3.8) is 0 Å². The number of ether oxygens (including phenoxy) is 2. The van der Waals surface area contributed by atoms with Crippen LogP contribution in [0.25, 0.3) is 33.0 Å². The number of methoxy groups -OCH3 is 2. The van der Waals surface area contributed by atoms with Gasteiger partial charge >= 0.3 is 11.9 Å². The van der Waals surface area contributed by atoms with E-state index in [-0.39, 0.29) is 12.0 Å². The predicted molar refractivity (Wildman–Crippen MR) is 227 cm³/mol. The van der Waals surface area contributed by atoms with E-state index in [1.54, 1.807) is 0 Å². The molecule has 0 spiro atoms. The van der Waals surface area contributed by atoms with E-state index in [9.17, 15) is 20.0 Å². The molecule has 2 fully saturated rings. The Bertz CT molecular complexity index is 2590. The summed E-state index contributed by atoms with van der Waals surface area (Å²) in [6.07, 6.45) is 9.40. The molecule has 3 aromatic carbocycles. The Hall–Kier alpha value is -5.20. The maximum atomic E-state index is 14.1. The second-order valence-electron chi connectivity index (χ2n) is 17.3. The minimum Gasteiger partial charge on any atom is -0.465 e. The van der Waals surface area contributed by atoms with E-state index < -0.39 is 35.1 Å². The van der Waals surface area contributed by atoms with Gasteiger partial charge < -0.3 is 34.3 Å². The highest BCUT2D eigenvalue weighted by Gasteiger charge is 2.52. The van der Waals surface area contributed by atoms with Crippen molar-refractivity contribution in [2.24, 2.45) is 10.8 Å². The molecule has 306 valence electrons. The van der Waals surface area contributed by atoms with Gasteiger partial charge in [0.2, 0.25) is 0 Å². The van der Waals surface area contributed by atoms with Gasteiger partial charge in [0.25, 0.3) is 0 Å². The van der Waals surface area contributed by atoms with Crippen molar-refractivity contribution in [1.82, 2.24) is 19.3 Å². The SMILES string of the molecule is CC[C@]12C=C(C(=O)OC)c3c(C[C@H]4Nc5ccccc5C[C@@H]4c4c5n(c6ccccc46)[C@H]4N(O)CCC[C@@]4(CC)C=C5C(=O)OC)c4ccccc4n3[C@H]1N(O)CCC2. The van der Waals surface area contributed by atoms with E-state index in [1.165, 1.54) is 29.9 Å². The first kappa shape index (κ1) is 38.0. The Morgan fingerprint density at radius 2 is 1.25 bits per heavy atom. The lowest BCUT2D eigenvalue weighted by atomic mass is 9.70. The van der Waals surface area contributed by atoms with Crippen LogP contribution in [0, 0.1) is 10.8 Å². The monoisotopic (exact) mass is 795 g/mol. The molecule has 5 aromatic rings. The lowest BCUT2D eigenvalue weighted by Gasteiger charge is -2.50. The molecular formula is C48H53N5O6. The quantitative estimate of drug-likeness (QED) is 0.139. The summed E-state index contributed by atoms with van der Waals surface area (Å²) in [5.74, 6) is -0.944. The number of hydrogen-bond donors (Lipinski definition) is 3. The van der Waals surface area contributed by atoms with Crippen molar-refractivity contribution >= 4 is 50.6 Å². The third-order valence-electron chi connectivity index (χ3n) is 14.7. The summed E-state index contributed by atoms with van der Waals surface area (Å²) in [5, 5.41) is 32.5. The number of fused-ring (bicyclic) bond motifs is 11. The molecule has 5 aliphatic rings. The lowest BCUT2D eigenvalue weighted by molar-refractivity contribution is -0.203. The van der Waals surface area contributed by atoms with Crippen LogP contribution in [0.3, 0.4) is 0 Å². The number of nitrogens with one attached hydrogen (secondary N) is 1. The number of carbonyl (C=O) groups excluding carboxylic acids is 2. The number of para-hydroxylation sites is 3. The average molecular weight is 796 g/mol. The van der Waals surface area contributed by atoms with Gasteiger partial charge in [-0.3, -0.25) is 0 Å². The van der Waals surface area contributed by atoms with Gasteiger partial charge in [-0.1, -0.05) is 80.6 Å². The highest BCUT2D eigenvalue weighted by atomic mass is 16.5. The molecule has 0 unspecified atom stereocenters. The van der Waals surface area contributed by atoms with Crippen LogP contribution >= 0.6 is 0 Å². The van der Waals surface area contributed by atoms with E-state index in [1.807, 2.05) is 18.2 Å². The van der Waals surface area contributed by atoms with Crippen LogP contribution in [0.15, 0.2) is 84.9 Å². The molecule has 0 amide bonds. The second kappa shape index (κ2) is 14.2. The number of aromatic nitrogens is 2. The molecule has 3 N–H and O–H groups in total. The van der Waals surface area contributed by atoms with Crippen LogP contribution in [0.5, 0.6) is 0 Å². The summed E-state index contributed by atoms with van der Waals surface area (Å²) in [6, 6.07) is 24.9. The van der Waals surface area contributed by atoms with Gasteiger partial charge in [0.1, 0.15) is 12.3 Å². The van der Waals surface area contributed by atoms with Crippen LogP contribution in [-0.4, -0.2) is 75.0 Å². The Labute approximate surface area is 344 Å². The Balaban J connectivity index is 1.23. The van der Waals surface area contributed by atoms with E-state index in [4.69, 9.17) is 9.47 Å². The van der Waals surface area contributed by atoms with E-state index in [0.717, 1.165) is 88.5 Å². The van der Waals surface area contributed by atoms with Crippen molar-refractivity contribution in [2.45, 2.75) is 89.5 Å². The van der Waals surface area contributed by atoms with Crippen LogP contribution in [0.1, 0.15) is 98.7 Å². The van der Waals surface area contributed by atoms with Crippen LogP contribution in [0.2, 0.25) is 0 Å². The lowest BCUT2D eigenvalue weighted by Crippen LogP contribution is -2.49. The fourth-order valence-electron chi connectivity index (χ4n) is 12.0. The molecule has 5 aliphatic heterocycles. The van der Waals surface area contributed by atoms with Gasteiger partial charge in [-0.15, -0.1) is 0 Å². The minimum absolute atomic E-state index is 0.161. The zero-order valence-electron chi connectivity index (χ0n) is 34.3. The number of piperidine rings is 2. The molecule has 2 saturated heterocycles. The van der Waals surface area contributed by atoms with Crippen molar-refractivity contribution in [1.29, 1.82) is 0 Å². The highest BCUT2D eigenvalue weighted by molar-refractivity contribution is 6.19. The van der Waals surface area contributed by atoms with Crippen LogP contribution < -0.4 is 5.32 Å². The molecule has 0 aliphatic carbocycles. The summed E-state index contributed by atoms with van der Waals surface area (Å²) in [4.78, 5) is 28.2. The maximum absolute atomic E-state index is 14.1. The first-order valence-electron chi connectivity index (χ1n) is 21.3. The number of esters is 2. The van der Waals surface area contributed by atoms with E-state index in [0.29, 0.717) is 37.1 Å². The molecule has 59 heavy (non-hydrogen) atoms. The molecular weight excluding hydrogens is 743 g/mol. The number of hydroxylamine groups is 4. The number of hydrogen-bond acceptors (Lipinski definition) is 9. The topological polar surface area (TPSA) is 121 Å². The second-order valence-corrected chi connectivity index (χ2v) is 17.3. The first-order valence-corrected chi connectivity index (χ1v) is 21.3. The Kier molecular flexibility index (Phi) is 9.17. The van der Waals surface area contributed by atoms with Crippen LogP contribution in [-0.2, 0) is 31.9 Å². The van der Waals surface area contributed by atoms with Crippen LogP contribution in [0.4, 0.5) is 5.69 Å². The summed E-state index contributed by atoms with van der Waals surface area (Å²) >= 11 is 0. The van der Waals surface area contributed by atoms with Gasteiger partial charge in [0.15, 0.2) is 0 Å². The van der Waals surface area contributed by atoms with E-state index >= 15 is 0 Å². The van der Waals surface area contributed by atoms with Crippen molar-refractivity contribution in [3.05, 3.63) is 113 Å². The molecule has 10 rings (SSSR count). The molecule has 0 bridgehead atoms. The molecule has 11 nitrogen and oxygen atoms in total. The molecule has 0 radical (unpaired) electrons. The smallest absolute Gasteiger partial charge is 0.339 e. The largest absolute Gasteiger partial charge is 0.465 e. The highest BCUT2D eigenvalue weighted by Crippen LogP contribution is 2.57. The number of benzene rings is 3. The Morgan fingerprint density at radius 3 is 1.86 bits per heavy atom. The van der Waals surface area contributed by atoms with Crippen molar-refractivity contribution in [3.8, 4) is 0 Å². The van der Waals surface area contributed by atoms with E-state index in [2.05, 4.69) is 95.0 Å². The average Bonchev–Trinajstić information content (AvgIpc) is 3.78. The van der Waals surface area contributed by atoms with Gasteiger partial charge in [-0.25, -0.2) is 9.59 Å². The third-order valence-corrected chi connectivity index (χ3v) is 14.7. The third kappa shape index (κ3) is 5.47. The summed E-state index contributed by atoms with van der Waals surface area (Å²) in [5.41, 5.74) is 7.86. The summed E-state index contributed by atoms with van der Waals surface area (Å²) in [6.45, 7) is 5.34. The zero-order chi connectivity index (χ0) is 40.8.